The number of amides is 2. The number of carbonyl (C=O) groups excluding carboxylic acids is 2. The highest BCUT2D eigenvalue weighted by molar-refractivity contribution is 5.89. The fourth-order valence-corrected chi connectivity index (χ4v) is 4.15. The fourth-order valence-electron chi connectivity index (χ4n) is 4.15. The SMILES string of the molecule is O=C1C[C@H](C(=O)N2CCN(c3ccccc3)CC2)CN1CCc1ccc(F)cc1. The highest BCUT2D eigenvalue weighted by atomic mass is 19.1. The van der Waals surface area contributed by atoms with Crippen molar-refractivity contribution >= 4 is 17.5 Å². The van der Waals surface area contributed by atoms with Gasteiger partial charge in [0.05, 0.1) is 5.92 Å². The lowest BCUT2D eigenvalue weighted by Crippen LogP contribution is -2.50. The van der Waals surface area contributed by atoms with Gasteiger partial charge >= 0.3 is 0 Å². The number of carbonyl (C=O) groups is 2. The molecule has 2 amide bonds. The van der Waals surface area contributed by atoms with Crippen LogP contribution in [0.4, 0.5) is 10.1 Å². The first-order chi connectivity index (χ1) is 14.1. The maximum absolute atomic E-state index is 13.0. The number of likely N-dealkylation sites (tertiary alicyclic amines) is 1. The lowest BCUT2D eigenvalue weighted by molar-refractivity contribution is -0.136. The smallest absolute Gasteiger partial charge is 0.228 e. The van der Waals surface area contributed by atoms with E-state index in [1.54, 1.807) is 17.0 Å². The largest absolute Gasteiger partial charge is 0.368 e. The molecule has 6 heteroatoms. The number of hydrogen-bond donors (Lipinski definition) is 0. The number of piperazine rings is 1. The lowest BCUT2D eigenvalue weighted by Gasteiger charge is -2.37. The summed E-state index contributed by atoms with van der Waals surface area (Å²) < 4.78 is 13.0. The van der Waals surface area contributed by atoms with Crippen molar-refractivity contribution in [2.75, 3.05) is 44.2 Å². The number of hydrogen-bond acceptors (Lipinski definition) is 3. The van der Waals surface area contributed by atoms with Gasteiger partial charge < -0.3 is 14.7 Å². The first-order valence-corrected chi connectivity index (χ1v) is 10.2. The van der Waals surface area contributed by atoms with Gasteiger partial charge in [-0.2, -0.15) is 0 Å². The number of benzene rings is 2. The Labute approximate surface area is 170 Å². The molecule has 0 radical (unpaired) electrons. The summed E-state index contributed by atoms with van der Waals surface area (Å²) >= 11 is 0. The van der Waals surface area contributed by atoms with Crippen molar-refractivity contribution in [1.29, 1.82) is 0 Å². The molecule has 0 aliphatic carbocycles. The number of anilines is 1. The van der Waals surface area contributed by atoms with Crippen LogP contribution in [-0.4, -0.2) is 60.9 Å². The summed E-state index contributed by atoms with van der Waals surface area (Å²) in [5.41, 5.74) is 2.17. The standard InChI is InChI=1S/C23H26FN3O2/c24-20-8-6-18(7-9-20)10-11-27-17-19(16-22(27)28)23(29)26-14-12-25(13-15-26)21-4-2-1-3-5-21/h1-9,19H,10-17H2/t19-/m0/s1. The van der Waals surface area contributed by atoms with E-state index >= 15 is 0 Å². The van der Waals surface area contributed by atoms with Crippen LogP contribution in [0.2, 0.25) is 0 Å². The topological polar surface area (TPSA) is 43.9 Å². The molecule has 4 rings (SSSR count). The van der Waals surface area contributed by atoms with Gasteiger partial charge in [0.1, 0.15) is 5.82 Å². The molecule has 2 heterocycles. The minimum atomic E-state index is -0.260. The predicted molar refractivity (Wildman–Crippen MR) is 110 cm³/mol. The van der Waals surface area contributed by atoms with Gasteiger partial charge in [0.15, 0.2) is 0 Å². The molecule has 29 heavy (non-hydrogen) atoms. The van der Waals surface area contributed by atoms with E-state index in [4.69, 9.17) is 0 Å². The monoisotopic (exact) mass is 395 g/mol. The second-order valence-corrected chi connectivity index (χ2v) is 7.77. The van der Waals surface area contributed by atoms with Crippen LogP contribution in [0.25, 0.3) is 0 Å². The van der Waals surface area contributed by atoms with Gasteiger partial charge in [-0.05, 0) is 36.2 Å². The van der Waals surface area contributed by atoms with Crippen LogP contribution in [0.5, 0.6) is 0 Å². The van der Waals surface area contributed by atoms with E-state index in [0.29, 0.717) is 39.0 Å². The van der Waals surface area contributed by atoms with Crippen LogP contribution in [0, 0.1) is 11.7 Å². The van der Waals surface area contributed by atoms with Crippen molar-refractivity contribution in [3.63, 3.8) is 0 Å². The molecule has 0 unspecified atom stereocenters. The number of nitrogens with zero attached hydrogens (tertiary/aromatic N) is 3. The molecular formula is C23H26FN3O2. The van der Waals surface area contributed by atoms with Crippen molar-refractivity contribution in [2.45, 2.75) is 12.8 Å². The van der Waals surface area contributed by atoms with Crippen molar-refractivity contribution in [2.24, 2.45) is 5.92 Å². The van der Waals surface area contributed by atoms with Crippen LogP contribution in [-0.2, 0) is 16.0 Å². The third-order valence-electron chi connectivity index (χ3n) is 5.86. The van der Waals surface area contributed by atoms with E-state index in [1.807, 2.05) is 23.1 Å². The third kappa shape index (κ3) is 4.58. The average molecular weight is 395 g/mol. The van der Waals surface area contributed by atoms with E-state index in [-0.39, 0.29) is 23.5 Å². The maximum Gasteiger partial charge on any atom is 0.228 e. The van der Waals surface area contributed by atoms with Crippen LogP contribution in [0.1, 0.15) is 12.0 Å². The second kappa shape index (κ2) is 8.64. The highest BCUT2D eigenvalue weighted by Crippen LogP contribution is 2.22. The van der Waals surface area contributed by atoms with Crippen molar-refractivity contribution in [1.82, 2.24) is 9.80 Å². The Morgan fingerprint density at radius 3 is 2.34 bits per heavy atom. The average Bonchev–Trinajstić information content (AvgIpc) is 3.14. The van der Waals surface area contributed by atoms with Gasteiger partial charge in [0.2, 0.25) is 11.8 Å². The Bertz CT molecular complexity index is 848. The van der Waals surface area contributed by atoms with Gasteiger partial charge in [-0.15, -0.1) is 0 Å². The van der Waals surface area contributed by atoms with Crippen LogP contribution >= 0.6 is 0 Å². The number of halogens is 1. The number of para-hydroxylation sites is 1. The Morgan fingerprint density at radius 2 is 1.66 bits per heavy atom. The summed E-state index contributed by atoms with van der Waals surface area (Å²) in [4.78, 5) is 31.3. The Morgan fingerprint density at radius 1 is 0.966 bits per heavy atom. The predicted octanol–water partition coefficient (Wildman–Crippen LogP) is 2.57. The molecule has 5 nitrogen and oxygen atoms in total. The van der Waals surface area contributed by atoms with E-state index < -0.39 is 0 Å². The zero-order valence-electron chi connectivity index (χ0n) is 16.5. The molecule has 2 aliphatic heterocycles. The summed E-state index contributed by atoms with van der Waals surface area (Å²) in [6, 6.07) is 16.6. The zero-order chi connectivity index (χ0) is 20.2. The summed E-state index contributed by atoms with van der Waals surface area (Å²) in [6.45, 7) is 4.05. The minimum Gasteiger partial charge on any atom is -0.368 e. The molecule has 0 saturated carbocycles. The molecular weight excluding hydrogens is 369 g/mol. The summed E-state index contributed by atoms with van der Waals surface area (Å²) in [7, 11) is 0. The maximum atomic E-state index is 13.0. The van der Waals surface area contributed by atoms with Gasteiger partial charge in [-0.1, -0.05) is 30.3 Å². The van der Waals surface area contributed by atoms with E-state index in [2.05, 4.69) is 17.0 Å². The van der Waals surface area contributed by atoms with Gasteiger partial charge in [0.25, 0.3) is 0 Å². The molecule has 2 aromatic carbocycles. The zero-order valence-corrected chi connectivity index (χ0v) is 16.5. The third-order valence-corrected chi connectivity index (χ3v) is 5.86. The normalized spacial score (nSPS) is 19.7. The van der Waals surface area contributed by atoms with Crippen LogP contribution < -0.4 is 4.90 Å². The lowest BCUT2D eigenvalue weighted by atomic mass is 10.1. The summed E-state index contributed by atoms with van der Waals surface area (Å²) in [5.74, 6) is -0.383. The summed E-state index contributed by atoms with van der Waals surface area (Å²) in [5, 5.41) is 0. The Hall–Kier alpha value is -2.89. The molecule has 152 valence electrons. The first-order valence-electron chi connectivity index (χ1n) is 10.2. The van der Waals surface area contributed by atoms with Gasteiger partial charge in [-0.25, -0.2) is 4.39 Å². The Kier molecular flexibility index (Phi) is 5.79. The van der Waals surface area contributed by atoms with Crippen LogP contribution in [0.15, 0.2) is 54.6 Å². The van der Waals surface area contributed by atoms with E-state index in [9.17, 15) is 14.0 Å². The quantitative estimate of drug-likeness (QED) is 0.782. The van der Waals surface area contributed by atoms with E-state index in [0.717, 1.165) is 18.7 Å². The van der Waals surface area contributed by atoms with Crippen LogP contribution in [0.3, 0.4) is 0 Å². The van der Waals surface area contributed by atoms with Gasteiger partial charge in [-0.3, -0.25) is 9.59 Å². The molecule has 0 spiro atoms. The molecule has 1 atom stereocenters. The molecule has 0 bridgehead atoms. The van der Waals surface area contributed by atoms with Gasteiger partial charge in [0, 0.05) is 51.4 Å². The summed E-state index contributed by atoms with van der Waals surface area (Å²) in [6.07, 6.45) is 0.962. The highest BCUT2D eigenvalue weighted by Gasteiger charge is 2.37. The minimum absolute atomic E-state index is 0.0355. The molecule has 2 aromatic rings. The molecule has 0 N–H and O–H groups in total. The van der Waals surface area contributed by atoms with Crippen molar-refractivity contribution in [3.05, 3.63) is 66.0 Å². The Balaban J connectivity index is 1.27. The molecule has 2 aliphatic rings. The van der Waals surface area contributed by atoms with E-state index in [1.165, 1.54) is 17.8 Å². The van der Waals surface area contributed by atoms with Crippen molar-refractivity contribution < 1.29 is 14.0 Å². The fraction of sp³-hybridized carbons (Fsp3) is 0.391. The molecule has 2 saturated heterocycles. The molecule has 2 fully saturated rings. The first kappa shape index (κ1) is 19.4. The number of rotatable bonds is 5. The molecule has 0 aromatic heterocycles. The second-order valence-electron chi connectivity index (χ2n) is 7.77. The van der Waals surface area contributed by atoms with Crippen molar-refractivity contribution in [3.8, 4) is 0 Å².